The second kappa shape index (κ2) is 5.09. The molecule has 104 valence electrons. The second-order valence-electron chi connectivity index (χ2n) is 6.02. The molecule has 6 N–H and O–H groups in total. The molecule has 0 aromatic rings. The molecular formula is C14H23N5. The molecule has 0 spiro atoms. The number of nitrogens with two attached hydrogens (primary N) is 2. The van der Waals surface area contributed by atoms with Gasteiger partial charge in [0.15, 0.2) is 5.96 Å². The first-order valence-corrected chi connectivity index (χ1v) is 6.56. The first kappa shape index (κ1) is 13.7. The van der Waals surface area contributed by atoms with Crippen molar-refractivity contribution >= 4 is 5.96 Å². The molecular weight excluding hydrogens is 238 g/mol. The molecule has 0 amide bonds. The van der Waals surface area contributed by atoms with Crippen LogP contribution in [0, 0.1) is 0 Å². The molecule has 1 unspecified atom stereocenters. The van der Waals surface area contributed by atoms with Crippen LogP contribution in [0.25, 0.3) is 0 Å². The van der Waals surface area contributed by atoms with Crippen molar-refractivity contribution in [2.75, 3.05) is 6.54 Å². The lowest BCUT2D eigenvalue weighted by atomic mass is 9.91. The Morgan fingerprint density at radius 1 is 1.32 bits per heavy atom. The Balaban J connectivity index is 2.14. The zero-order chi connectivity index (χ0) is 14.0. The zero-order valence-corrected chi connectivity index (χ0v) is 11.8. The molecule has 0 saturated heterocycles. The maximum atomic E-state index is 6.23. The van der Waals surface area contributed by atoms with Crippen molar-refractivity contribution in [1.29, 1.82) is 0 Å². The maximum absolute atomic E-state index is 6.23. The van der Waals surface area contributed by atoms with E-state index >= 15 is 0 Å². The molecule has 19 heavy (non-hydrogen) atoms. The summed E-state index contributed by atoms with van der Waals surface area (Å²) >= 11 is 0. The number of nitrogens with one attached hydrogen (secondary N) is 2. The summed E-state index contributed by atoms with van der Waals surface area (Å²) in [5.74, 6) is 0.468. The Hall–Kier alpha value is -1.75. The van der Waals surface area contributed by atoms with E-state index in [-0.39, 0.29) is 11.6 Å². The van der Waals surface area contributed by atoms with E-state index in [9.17, 15) is 0 Å². The van der Waals surface area contributed by atoms with E-state index in [2.05, 4.69) is 48.5 Å². The number of allylic oxidation sites excluding steroid dienone is 2. The molecule has 2 aliphatic rings. The first-order chi connectivity index (χ1) is 8.85. The summed E-state index contributed by atoms with van der Waals surface area (Å²) in [6.45, 7) is 7.10. The van der Waals surface area contributed by atoms with Crippen LogP contribution in [0.1, 0.15) is 27.2 Å². The van der Waals surface area contributed by atoms with Gasteiger partial charge in [0.1, 0.15) is 0 Å². The Kier molecular flexibility index (Phi) is 3.66. The SMILES string of the molecule is CC(C)(C)NC1=CC=C(C2=CN=C(N)NC2)CC1N. The van der Waals surface area contributed by atoms with Crippen molar-refractivity contribution in [2.24, 2.45) is 16.5 Å². The van der Waals surface area contributed by atoms with Gasteiger partial charge in [-0.2, -0.15) is 0 Å². The van der Waals surface area contributed by atoms with Crippen LogP contribution in [0.2, 0.25) is 0 Å². The average Bonchev–Trinajstić information content (AvgIpc) is 2.31. The van der Waals surface area contributed by atoms with Gasteiger partial charge < -0.3 is 22.1 Å². The van der Waals surface area contributed by atoms with Crippen LogP contribution in [0.5, 0.6) is 0 Å². The van der Waals surface area contributed by atoms with E-state index in [1.54, 1.807) is 0 Å². The Morgan fingerprint density at radius 3 is 2.58 bits per heavy atom. The minimum absolute atomic E-state index is 0.00313. The van der Waals surface area contributed by atoms with E-state index in [1.807, 2.05) is 6.20 Å². The molecule has 0 radical (unpaired) electrons. The van der Waals surface area contributed by atoms with Crippen LogP contribution in [-0.4, -0.2) is 24.1 Å². The maximum Gasteiger partial charge on any atom is 0.193 e. The number of guanidine groups is 1. The van der Waals surface area contributed by atoms with E-state index in [0.717, 1.165) is 17.7 Å². The lowest BCUT2D eigenvalue weighted by Crippen LogP contribution is -2.43. The van der Waals surface area contributed by atoms with Crippen LogP contribution < -0.4 is 22.1 Å². The number of hydrogen-bond acceptors (Lipinski definition) is 5. The smallest absolute Gasteiger partial charge is 0.193 e. The van der Waals surface area contributed by atoms with Crippen LogP contribution in [0.3, 0.4) is 0 Å². The molecule has 2 rings (SSSR count). The molecule has 1 heterocycles. The molecule has 0 aromatic heterocycles. The number of aliphatic imine (C=N–C) groups is 1. The standard InChI is InChI=1S/C14H23N5/c1-14(2,3)19-12-5-4-9(6-11(12)15)10-7-17-13(16)18-8-10/h4-5,7,11,19H,6,8,15H2,1-3H3,(H3,16,17,18). The molecule has 5 nitrogen and oxygen atoms in total. The lowest BCUT2D eigenvalue weighted by molar-refractivity contribution is 0.450. The van der Waals surface area contributed by atoms with Gasteiger partial charge in [-0.05, 0) is 44.4 Å². The van der Waals surface area contributed by atoms with E-state index < -0.39 is 0 Å². The van der Waals surface area contributed by atoms with Gasteiger partial charge in [0, 0.05) is 30.0 Å². The molecule has 1 aliphatic heterocycles. The Bertz CT molecular complexity index is 477. The molecule has 0 saturated carbocycles. The number of hydrogen-bond donors (Lipinski definition) is 4. The number of rotatable bonds is 2. The summed E-state index contributed by atoms with van der Waals surface area (Å²) in [6, 6.07) is 0.00313. The fraction of sp³-hybridized carbons (Fsp3) is 0.500. The molecule has 1 atom stereocenters. The molecule has 0 aromatic carbocycles. The fourth-order valence-corrected chi connectivity index (χ4v) is 2.16. The third kappa shape index (κ3) is 3.61. The third-order valence-corrected chi connectivity index (χ3v) is 3.05. The third-order valence-electron chi connectivity index (χ3n) is 3.05. The van der Waals surface area contributed by atoms with Gasteiger partial charge in [-0.15, -0.1) is 0 Å². The Morgan fingerprint density at radius 2 is 2.05 bits per heavy atom. The largest absolute Gasteiger partial charge is 0.382 e. The van der Waals surface area contributed by atoms with Gasteiger partial charge in [0.05, 0.1) is 0 Å². The first-order valence-electron chi connectivity index (χ1n) is 6.56. The topological polar surface area (TPSA) is 88.5 Å². The van der Waals surface area contributed by atoms with Gasteiger partial charge in [-0.3, -0.25) is 0 Å². The highest BCUT2D eigenvalue weighted by Gasteiger charge is 2.21. The summed E-state index contributed by atoms with van der Waals surface area (Å²) < 4.78 is 0. The normalized spacial score (nSPS) is 23.7. The van der Waals surface area contributed by atoms with Gasteiger partial charge in [-0.25, -0.2) is 4.99 Å². The quantitative estimate of drug-likeness (QED) is 0.590. The van der Waals surface area contributed by atoms with Crippen molar-refractivity contribution < 1.29 is 0 Å². The van der Waals surface area contributed by atoms with E-state index in [1.165, 1.54) is 5.57 Å². The monoisotopic (exact) mass is 261 g/mol. The Labute approximate surface area is 114 Å². The zero-order valence-electron chi connectivity index (χ0n) is 11.8. The van der Waals surface area contributed by atoms with Crippen molar-refractivity contribution in [1.82, 2.24) is 10.6 Å². The van der Waals surface area contributed by atoms with Gasteiger partial charge in [0.2, 0.25) is 0 Å². The lowest BCUT2D eigenvalue weighted by Gasteiger charge is -2.30. The second-order valence-corrected chi connectivity index (χ2v) is 6.02. The van der Waals surface area contributed by atoms with Crippen LogP contribution in [-0.2, 0) is 0 Å². The van der Waals surface area contributed by atoms with E-state index in [0.29, 0.717) is 12.5 Å². The van der Waals surface area contributed by atoms with Crippen molar-refractivity contribution in [3.63, 3.8) is 0 Å². The van der Waals surface area contributed by atoms with Gasteiger partial charge >= 0.3 is 0 Å². The van der Waals surface area contributed by atoms with Gasteiger partial charge in [0.25, 0.3) is 0 Å². The molecule has 0 fully saturated rings. The predicted molar refractivity (Wildman–Crippen MR) is 79.4 cm³/mol. The molecule has 5 heteroatoms. The summed E-state index contributed by atoms with van der Waals surface area (Å²) in [5, 5.41) is 6.48. The highest BCUT2D eigenvalue weighted by Crippen LogP contribution is 2.24. The van der Waals surface area contributed by atoms with Crippen LogP contribution in [0.4, 0.5) is 0 Å². The summed E-state index contributed by atoms with van der Waals surface area (Å²) in [7, 11) is 0. The minimum atomic E-state index is 0.00313. The van der Waals surface area contributed by atoms with Crippen LogP contribution in [0.15, 0.2) is 40.2 Å². The fourth-order valence-electron chi connectivity index (χ4n) is 2.16. The summed E-state index contributed by atoms with van der Waals surface area (Å²) in [5.41, 5.74) is 15.3. The predicted octanol–water partition coefficient (Wildman–Crippen LogP) is 0.718. The van der Waals surface area contributed by atoms with E-state index in [4.69, 9.17) is 11.5 Å². The highest BCUT2D eigenvalue weighted by molar-refractivity contribution is 5.80. The van der Waals surface area contributed by atoms with Crippen molar-refractivity contribution in [3.05, 3.63) is 35.2 Å². The molecule has 1 aliphatic carbocycles. The van der Waals surface area contributed by atoms with Crippen molar-refractivity contribution in [2.45, 2.75) is 38.8 Å². The summed E-state index contributed by atoms with van der Waals surface area (Å²) in [6.07, 6.45) is 6.82. The summed E-state index contributed by atoms with van der Waals surface area (Å²) in [4.78, 5) is 4.09. The number of nitrogens with zero attached hydrogens (tertiary/aromatic N) is 1. The molecule has 0 bridgehead atoms. The van der Waals surface area contributed by atoms with Crippen molar-refractivity contribution in [3.8, 4) is 0 Å². The minimum Gasteiger partial charge on any atom is -0.382 e. The average molecular weight is 261 g/mol. The van der Waals surface area contributed by atoms with Gasteiger partial charge in [-0.1, -0.05) is 6.08 Å². The van der Waals surface area contributed by atoms with Crippen LogP contribution >= 0.6 is 0 Å². The highest BCUT2D eigenvalue weighted by atomic mass is 15.1.